The molecular weight excluding hydrogens is 198 g/mol. The van der Waals surface area contributed by atoms with E-state index in [1.165, 1.54) is 0 Å². The van der Waals surface area contributed by atoms with E-state index in [0.29, 0.717) is 0 Å². The third-order valence-corrected chi connectivity index (χ3v) is 2.68. The first-order valence-electron chi connectivity index (χ1n) is 5.06. The topological polar surface area (TPSA) is 35.6 Å². The Kier molecular flexibility index (Phi) is 5.29. The first-order chi connectivity index (χ1) is 6.68. The fourth-order valence-corrected chi connectivity index (χ4v) is 1.68. The number of hydrogen-bond acceptors (Lipinski definition) is 3. The van der Waals surface area contributed by atoms with Crippen LogP contribution in [0.2, 0.25) is 0 Å². The van der Waals surface area contributed by atoms with Gasteiger partial charge in [-0.25, -0.2) is 0 Å². The number of thiol groups is 1. The van der Waals surface area contributed by atoms with Gasteiger partial charge in [0.25, 0.3) is 5.24 Å². The Morgan fingerprint density at radius 1 is 1.36 bits per heavy atom. The van der Waals surface area contributed by atoms with Crippen molar-refractivity contribution < 1.29 is 4.79 Å². The highest BCUT2D eigenvalue weighted by atomic mass is 32.1. The number of hydrogen-bond donors (Lipinski definition) is 2. The number of piperazine rings is 1. The molecule has 1 aliphatic heterocycles. The number of carbonyl (C=O) groups excluding carboxylic acids is 1. The normalized spacial score (nSPS) is 19.6. The third-order valence-electron chi connectivity index (χ3n) is 2.52. The van der Waals surface area contributed by atoms with Crippen molar-refractivity contribution in [3.8, 4) is 0 Å². The van der Waals surface area contributed by atoms with E-state index in [1.54, 1.807) is 0 Å². The van der Waals surface area contributed by atoms with Gasteiger partial charge in [-0.3, -0.25) is 4.79 Å². The number of amides is 1. The summed E-state index contributed by atoms with van der Waals surface area (Å²) in [4.78, 5) is 15.2. The van der Waals surface area contributed by atoms with Crippen LogP contribution in [-0.4, -0.2) is 61.4 Å². The monoisotopic (exact) mass is 217 g/mol. The Balaban J connectivity index is 1.99. The lowest BCUT2D eigenvalue weighted by molar-refractivity contribution is 0.153. The van der Waals surface area contributed by atoms with Gasteiger partial charge in [-0.1, -0.05) is 12.6 Å². The van der Waals surface area contributed by atoms with Gasteiger partial charge in [0.05, 0.1) is 0 Å². The molecule has 14 heavy (non-hydrogen) atoms. The predicted molar refractivity (Wildman–Crippen MR) is 60.9 cm³/mol. The minimum Gasteiger partial charge on any atom is -0.347 e. The Hall–Kier alpha value is -0.260. The molecule has 1 N–H and O–H groups in total. The summed E-state index contributed by atoms with van der Waals surface area (Å²) in [6.07, 6.45) is 1.01. The van der Waals surface area contributed by atoms with Crippen molar-refractivity contribution >= 4 is 17.9 Å². The van der Waals surface area contributed by atoms with Crippen LogP contribution in [0.25, 0.3) is 0 Å². The van der Waals surface area contributed by atoms with Gasteiger partial charge in [0.1, 0.15) is 0 Å². The summed E-state index contributed by atoms with van der Waals surface area (Å²) < 4.78 is 0. The van der Waals surface area contributed by atoms with Gasteiger partial charge in [-0.2, -0.15) is 0 Å². The second-order valence-corrected chi connectivity index (χ2v) is 4.14. The third kappa shape index (κ3) is 4.83. The summed E-state index contributed by atoms with van der Waals surface area (Å²) in [5, 5.41) is 2.45. The van der Waals surface area contributed by atoms with Gasteiger partial charge < -0.3 is 15.1 Å². The largest absolute Gasteiger partial charge is 0.347 e. The molecule has 82 valence electrons. The second-order valence-electron chi connectivity index (χ2n) is 3.73. The van der Waals surface area contributed by atoms with Crippen LogP contribution in [0.5, 0.6) is 0 Å². The number of rotatable bonds is 4. The van der Waals surface area contributed by atoms with Crippen LogP contribution in [0.1, 0.15) is 6.42 Å². The van der Waals surface area contributed by atoms with E-state index in [-0.39, 0.29) is 5.24 Å². The molecule has 0 unspecified atom stereocenters. The molecule has 5 heteroatoms. The van der Waals surface area contributed by atoms with Gasteiger partial charge in [0, 0.05) is 32.7 Å². The molecule has 1 rings (SSSR count). The van der Waals surface area contributed by atoms with Gasteiger partial charge in [-0.15, -0.1) is 0 Å². The lowest BCUT2D eigenvalue weighted by Gasteiger charge is -2.32. The summed E-state index contributed by atoms with van der Waals surface area (Å²) in [7, 11) is 2.15. The van der Waals surface area contributed by atoms with Crippen molar-refractivity contribution in [3.63, 3.8) is 0 Å². The molecule has 0 aromatic carbocycles. The molecule has 1 heterocycles. The fraction of sp³-hybridized carbons (Fsp3) is 0.889. The second kappa shape index (κ2) is 6.27. The number of nitrogens with zero attached hydrogens (tertiary/aromatic N) is 2. The molecule has 4 nitrogen and oxygen atoms in total. The summed E-state index contributed by atoms with van der Waals surface area (Å²) >= 11 is 3.64. The SMILES string of the molecule is CN1CCN(CCCNC(=O)S)CC1. The smallest absolute Gasteiger partial charge is 0.275 e. The molecule has 0 aromatic rings. The Morgan fingerprint density at radius 2 is 2.00 bits per heavy atom. The maximum Gasteiger partial charge on any atom is 0.275 e. The number of likely N-dealkylation sites (N-methyl/N-ethyl adjacent to an activating group) is 1. The van der Waals surface area contributed by atoms with Crippen LogP contribution in [-0.2, 0) is 0 Å². The van der Waals surface area contributed by atoms with Crippen molar-refractivity contribution in [1.82, 2.24) is 15.1 Å². The predicted octanol–water partition coefficient (Wildman–Crippen LogP) is 0.263. The average molecular weight is 217 g/mol. The molecule has 0 radical (unpaired) electrons. The van der Waals surface area contributed by atoms with E-state index in [1.807, 2.05) is 0 Å². The molecule has 0 spiro atoms. The lowest BCUT2D eigenvalue weighted by Crippen LogP contribution is -2.45. The van der Waals surface area contributed by atoms with Crippen molar-refractivity contribution in [2.75, 3.05) is 46.3 Å². The molecule has 0 bridgehead atoms. The highest BCUT2D eigenvalue weighted by Gasteiger charge is 2.12. The van der Waals surface area contributed by atoms with E-state index in [0.717, 1.165) is 45.7 Å². The quantitative estimate of drug-likeness (QED) is 0.524. The molecule has 0 aromatic heterocycles. The van der Waals surface area contributed by atoms with Crippen molar-refractivity contribution in [3.05, 3.63) is 0 Å². The molecule has 1 amide bonds. The molecule has 0 saturated carbocycles. The van der Waals surface area contributed by atoms with Crippen LogP contribution in [0.3, 0.4) is 0 Å². The maximum atomic E-state index is 10.5. The summed E-state index contributed by atoms with van der Waals surface area (Å²) in [5.74, 6) is 0. The highest BCUT2D eigenvalue weighted by Crippen LogP contribution is 1.99. The molecule has 1 saturated heterocycles. The first kappa shape index (κ1) is 11.8. The van der Waals surface area contributed by atoms with Gasteiger partial charge in [0.15, 0.2) is 0 Å². The summed E-state index contributed by atoms with van der Waals surface area (Å²) in [6, 6.07) is 0. The van der Waals surface area contributed by atoms with E-state index >= 15 is 0 Å². The van der Waals surface area contributed by atoms with Gasteiger partial charge in [-0.05, 0) is 20.0 Å². The zero-order chi connectivity index (χ0) is 10.4. The lowest BCUT2D eigenvalue weighted by atomic mass is 10.3. The van der Waals surface area contributed by atoms with Crippen LogP contribution in [0.4, 0.5) is 4.79 Å². The molecular formula is C9H19N3OS. The molecule has 0 aliphatic carbocycles. The Labute approximate surface area is 91.0 Å². The van der Waals surface area contributed by atoms with Crippen molar-refractivity contribution in [2.24, 2.45) is 0 Å². The Morgan fingerprint density at radius 3 is 2.57 bits per heavy atom. The Bertz CT molecular complexity index is 181. The zero-order valence-electron chi connectivity index (χ0n) is 8.70. The standard InChI is InChI=1S/C9H19N3OS/c1-11-5-7-12(8-6-11)4-2-3-10-9(13)14/h2-8H2,1H3,(H2,10,13,14). The minimum absolute atomic E-state index is 0.233. The zero-order valence-corrected chi connectivity index (χ0v) is 9.59. The summed E-state index contributed by atoms with van der Waals surface area (Å²) in [6.45, 7) is 6.39. The number of carbonyl (C=O) groups is 1. The fourth-order valence-electron chi connectivity index (χ4n) is 1.57. The highest BCUT2D eigenvalue weighted by molar-refractivity contribution is 7.96. The molecule has 1 fully saturated rings. The van der Waals surface area contributed by atoms with Crippen LogP contribution < -0.4 is 5.32 Å². The van der Waals surface area contributed by atoms with Crippen molar-refractivity contribution in [2.45, 2.75) is 6.42 Å². The average Bonchev–Trinajstić information content (AvgIpc) is 2.15. The van der Waals surface area contributed by atoms with Gasteiger partial charge >= 0.3 is 0 Å². The van der Waals surface area contributed by atoms with Gasteiger partial charge in [0.2, 0.25) is 0 Å². The first-order valence-corrected chi connectivity index (χ1v) is 5.51. The van der Waals surface area contributed by atoms with E-state index in [9.17, 15) is 4.79 Å². The molecule has 0 atom stereocenters. The summed E-state index contributed by atoms with van der Waals surface area (Å²) in [5.41, 5.74) is 0. The van der Waals surface area contributed by atoms with E-state index < -0.39 is 0 Å². The number of nitrogens with one attached hydrogen (secondary N) is 1. The minimum atomic E-state index is -0.233. The van der Waals surface area contributed by atoms with E-state index in [2.05, 4.69) is 34.8 Å². The van der Waals surface area contributed by atoms with E-state index in [4.69, 9.17) is 0 Å². The van der Waals surface area contributed by atoms with Crippen LogP contribution >= 0.6 is 12.6 Å². The van der Waals surface area contributed by atoms with Crippen LogP contribution in [0, 0.1) is 0 Å². The van der Waals surface area contributed by atoms with Crippen LogP contribution in [0.15, 0.2) is 0 Å². The van der Waals surface area contributed by atoms with Crippen molar-refractivity contribution in [1.29, 1.82) is 0 Å². The maximum absolute atomic E-state index is 10.5. The molecule has 1 aliphatic rings.